The van der Waals surface area contributed by atoms with Gasteiger partial charge in [0.2, 0.25) is 0 Å². The summed E-state index contributed by atoms with van der Waals surface area (Å²) in [5, 5.41) is 0. The van der Waals surface area contributed by atoms with Gasteiger partial charge in [0.15, 0.2) is 0 Å². The van der Waals surface area contributed by atoms with Crippen LogP contribution in [-0.4, -0.2) is 6.29 Å². The predicted molar refractivity (Wildman–Crippen MR) is 110 cm³/mol. The Morgan fingerprint density at radius 1 is 1.00 bits per heavy atom. The molecule has 1 aliphatic rings. The van der Waals surface area contributed by atoms with Crippen LogP contribution in [0.3, 0.4) is 0 Å². The minimum absolute atomic E-state index is 0.771. The van der Waals surface area contributed by atoms with Crippen LogP contribution in [0.1, 0.15) is 65.4 Å². The van der Waals surface area contributed by atoms with E-state index in [-0.39, 0.29) is 0 Å². The Balaban J connectivity index is 0.000000271. The van der Waals surface area contributed by atoms with Gasteiger partial charge in [-0.25, -0.2) is 0 Å². The van der Waals surface area contributed by atoms with Crippen molar-refractivity contribution >= 4 is 12.4 Å². The third-order valence-corrected chi connectivity index (χ3v) is 5.14. The molecule has 2 rings (SSSR count). The number of hydrogen-bond donors (Lipinski definition) is 0. The van der Waals surface area contributed by atoms with Gasteiger partial charge in [-0.1, -0.05) is 82.7 Å². The first-order valence-electron chi connectivity index (χ1n) is 9.86. The smallest absolute Gasteiger partial charge is 0.142 e. The lowest BCUT2D eigenvalue weighted by molar-refractivity contribution is -0.104. The first kappa shape index (κ1) is 21.4. The van der Waals surface area contributed by atoms with Crippen molar-refractivity contribution in [1.29, 1.82) is 0 Å². The molecule has 0 amide bonds. The minimum atomic E-state index is 0.771. The van der Waals surface area contributed by atoms with Crippen molar-refractivity contribution in [3.8, 4) is 0 Å². The summed E-state index contributed by atoms with van der Waals surface area (Å²) in [6.45, 7) is 9.54. The fourth-order valence-electron chi connectivity index (χ4n) is 3.26. The van der Waals surface area contributed by atoms with Gasteiger partial charge in [0.05, 0.1) is 0 Å². The molecule has 0 aromatic heterocycles. The average Bonchev–Trinajstić information content (AvgIpc) is 2.61. The molecular formula is C24H36O. The Hall–Kier alpha value is -1.63. The molecule has 1 nitrogen and oxygen atoms in total. The Kier molecular flexibility index (Phi) is 10.9. The third kappa shape index (κ3) is 10.1. The molecule has 0 spiro atoms. The van der Waals surface area contributed by atoms with Crippen molar-refractivity contribution in [2.75, 3.05) is 0 Å². The maximum Gasteiger partial charge on any atom is 0.142 e. The Labute approximate surface area is 155 Å². The topological polar surface area (TPSA) is 17.1 Å². The normalized spacial score (nSPS) is 25.9. The number of aldehydes is 1. The molecule has 1 aromatic rings. The molecule has 0 fully saturated rings. The number of rotatable bonds is 3. The van der Waals surface area contributed by atoms with Gasteiger partial charge in [-0.15, -0.1) is 0 Å². The Bertz CT molecular complexity index is 512. The number of allylic oxidation sites excluding steroid dienone is 3. The van der Waals surface area contributed by atoms with Gasteiger partial charge < -0.3 is 0 Å². The molecule has 0 aliphatic heterocycles. The summed E-state index contributed by atoms with van der Waals surface area (Å²) in [6.07, 6.45) is 15.8. The minimum Gasteiger partial charge on any atom is -0.299 e. The zero-order valence-corrected chi connectivity index (χ0v) is 16.5. The molecule has 1 aliphatic carbocycles. The lowest BCUT2D eigenvalue weighted by atomic mass is 9.82. The Morgan fingerprint density at radius 2 is 1.68 bits per heavy atom. The number of benzene rings is 1. The SMILES string of the molecule is CC(C)[C@H]1CC[C@@H](C)C/C=C/[C@@H](C)CC1.O=C/C=C/c1ccccc1. The standard InChI is InChI=1S/C15H28.C9H8O/c1-12(2)15-10-8-13(3)6-5-7-14(4)9-11-15;10-8-4-7-9-5-2-1-3-6-9/h5-6,12-15H,7-11H2,1-4H3;1-8H/b6-5+;7-4+/t13-,14+,15-;/m1./s1. The molecular weight excluding hydrogens is 304 g/mol. The molecule has 25 heavy (non-hydrogen) atoms. The quantitative estimate of drug-likeness (QED) is 0.330. The van der Waals surface area contributed by atoms with E-state index in [4.69, 9.17) is 0 Å². The van der Waals surface area contributed by atoms with E-state index >= 15 is 0 Å². The van der Waals surface area contributed by atoms with Crippen LogP contribution in [0.25, 0.3) is 6.08 Å². The van der Waals surface area contributed by atoms with Crippen molar-refractivity contribution in [3.63, 3.8) is 0 Å². The second kappa shape index (κ2) is 12.7. The van der Waals surface area contributed by atoms with Crippen LogP contribution in [0, 0.1) is 23.7 Å². The molecule has 1 heteroatoms. The van der Waals surface area contributed by atoms with Crippen LogP contribution in [0.5, 0.6) is 0 Å². The van der Waals surface area contributed by atoms with Gasteiger partial charge in [-0.2, -0.15) is 0 Å². The molecule has 3 atom stereocenters. The first-order valence-corrected chi connectivity index (χ1v) is 9.86. The fourth-order valence-corrected chi connectivity index (χ4v) is 3.26. The highest BCUT2D eigenvalue weighted by atomic mass is 16.1. The summed E-state index contributed by atoms with van der Waals surface area (Å²) in [5.41, 5.74) is 1.05. The molecule has 1 aromatic carbocycles. The number of carbonyl (C=O) groups excluding carboxylic acids is 1. The second-order valence-electron chi connectivity index (χ2n) is 7.81. The molecule has 0 bridgehead atoms. The van der Waals surface area contributed by atoms with E-state index in [9.17, 15) is 4.79 Å². The Morgan fingerprint density at radius 3 is 2.32 bits per heavy atom. The van der Waals surface area contributed by atoms with E-state index in [1.54, 1.807) is 6.08 Å². The molecule has 0 saturated heterocycles. The maximum absolute atomic E-state index is 9.89. The van der Waals surface area contributed by atoms with Crippen LogP contribution in [0.15, 0.2) is 48.6 Å². The van der Waals surface area contributed by atoms with Crippen molar-refractivity contribution in [2.24, 2.45) is 23.7 Å². The summed E-state index contributed by atoms with van der Waals surface area (Å²) < 4.78 is 0. The number of hydrogen-bond acceptors (Lipinski definition) is 1. The summed E-state index contributed by atoms with van der Waals surface area (Å²) in [7, 11) is 0. The summed E-state index contributed by atoms with van der Waals surface area (Å²) in [5.74, 6) is 3.50. The van der Waals surface area contributed by atoms with Crippen LogP contribution >= 0.6 is 0 Å². The molecule has 0 N–H and O–H groups in total. The van der Waals surface area contributed by atoms with Gasteiger partial charge in [0.25, 0.3) is 0 Å². The zero-order chi connectivity index (χ0) is 18.5. The van der Waals surface area contributed by atoms with Gasteiger partial charge in [0, 0.05) is 0 Å². The predicted octanol–water partition coefficient (Wildman–Crippen LogP) is 6.95. The second-order valence-corrected chi connectivity index (χ2v) is 7.81. The van der Waals surface area contributed by atoms with Gasteiger partial charge >= 0.3 is 0 Å². The third-order valence-electron chi connectivity index (χ3n) is 5.14. The van der Waals surface area contributed by atoms with Crippen LogP contribution in [0.4, 0.5) is 0 Å². The monoisotopic (exact) mass is 340 g/mol. The lowest BCUT2D eigenvalue weighted by Crippen LogP contribution is -2.12. The molecule has 0 saturated carbocycles. The van der Waals surface area contributed by atoms with Crippen molar-refractivity contribution < 1.29 is 4.79 Å². The van der Waals surface area contributed by atoms with Gasteiger partial charge in [-0.05, 0) is 61.0 Å². The number of carbonyl (C=O) groups is 1. The molecule has 0 radical (unpaired) electrons. The fraction of sp³-hybridized carbons (Fsp3) is 0.542. The van der Waals surface area contributed by atoms with Crippen molar-refractivity contribution in [3.05, 3.63) is 54.1 Å². The molecule has 138 valence electrons. The summed E-state index contributed by atoms with van der Waals surface area (Å²) >= 11 is 0. The zero-order valence-electron chi connectivity index (χ0n) is 16.5. The van der Waals surface area contributed by atoms with E-state index in [0.717, 1.165) is 35.5 Å². The average molecular weight is 341 g/mol. The highest BCUT2D eigenvalue weighted by Gasteiger charge is 2.16. The highest BCUT2D eigenvalue weighted by Crippen LogP contribution is 2.28. The molecule has 0 heterocycles. The van der Waals surface area contributed by atoms with Crippen LogP contribution in [-0.2, 0) is 4.79 Å². The van der Waals surface area contributed by atoms with E-state index in [1.807, 2.05) is 30.3 Å². The van der Waals surface area contributed by atoms with Crippen molar-refractivity contribution in [2.45, 2.75) is 59.8 Å². The first-order chi connectivity index (χ1) is 12.0. The van der Waals surface area contributed by atoms with Gasteiger partial charge in [-0.3, -0.25) is 4.79 Å². The van der Waals surface area contributed by atoms with E-state index < -0.39 is 0 Å². The molecule has 0 unspecified atom stereocenters. The van der Waals surface area contributed by atoms with E-state index in [1.165, 1.54) is 38.2 Å². The largest absolute Gasteiger partial charge is 0.299 e. The lowest BCUT2D eigenvalue weighted by Gasteiger charge is -2.24. The summed E-state index contributed by atoms with van der Waals surface area (Å²) in [4.78, 5) is 9.89. The van der Waals surface area contributed by atoms with Crippen LogP contribution in [0.2, 0.25) is 0 Å². The van der Waals surface area contributed by atoms with Crippen LogP contribution < -0.4 is 0 Å². The summed E-state index contributed by atoms with van der Waals surface area (Å²) in [6, 6.07) is 9.70. The highest BCUT2D eigenvalue weighted by molar-refractivity contribution is 5.73. The van der Waals surface area contributed by atoms with Crippen molar-refractivity contribution in [1.82, 2.24) is 0 Å². The van der Waals surface area contributed by atoms with Gasteiger partial charge in [0.1, 0.15) is 6.29 Å². The van der Waals surface area contributed by atoms with E-state index in [2.05, 4.69) is 39.8 Å². The maximum atomic E-state index is 9.89. The van der Waals surface area contributed by atoms with E-state index in [0.29, 0.717) is 0 Å².